The van der Waals surface area contributed by atoms with E-state index in [2.05, 4.69) is 5.32 Å². The van der Waals surface area contributed by atoms with Crippen LogP contribution in [0.3, 0.4) is 0 Å². The van der Waals surface area contributed by atoms with E-state index in [9.17, 15) is 9.90 Å². The Morgan fingerprint density at radius 1 is 1.41 bits per heavy atom. The van der Waals surface area contributed by atoms with Gasteiger partial charge >= 0.3 is 5.97 Å². The van der Waals surface area contributed by atoms with Crippen molar-refractivity contribution in [2.45, 2.75) is 39.8 Å². The predicted octanol–water partition coefficient (Wildman–Crippen LogP) is 3.34. The Morgan fingerprint density at radius 2 is 2.09 bits per heavy atom. The standard InChI is InChI=1S/C16H24ClNO4/c1-5-22-14-8-11(7-12(17)15(14)21-4)9-18-13(16(19)20)6-10(2)3/h7-8,10,13,18H,5-6,9H2,1-4H3,(H,19,20)/t13-/m0/s1. The normalized spacial score (nSPS) is 12.3. The van der Waals surface area contributed by atoms with Gasteiger partial charge in [-0.2, -0.15) is 0 Å². The maximum absolute atomic E-state index is 11.3. The third-order valence-electron chi connectivity index (χ3n) is 3.13. The van der Waals surface area contributed by atoms with Crippen LogP contribution >= 0.6 is 11.6 Å². The molecule has 0 radical (unpaired) electrons. The number of carboxylic acids is 1. The fourth-order valence-electron chi connectivity index (χ4n) is 2.17. The summed E-state index contributed by atoms with van der Waals surface area (Å²) in [5.74, 6) is 0.500. The molecule has 1 rings (SSSR count). The number of hydrogen-bond acceptors (Lipinski definition) is 4. The summed E-state index contributed by atoms with van der Waals surface area (Å²) in [5, 5.41) is 12.7. The van der Waals surface area contributed by atoms with Gasteiger partial charge in [0.15, 0.2) is 11.5 Å². The lowest BCUT2D eigenvalue weighted by Gasteiger charge is -2.18. The van der Waals surface area contributed by atoms with Crippen molar-refractivity contribution in [2.24, 2.45) is 5.92 Å². The Morgan fingerprint density at radius 3 is 2.59 bits per heavy atom. The summed E-state index contributed by atoms with van der Waals surface area (Å²) >= 11 is 6.18. The molecule has 0 fully saturated rings. The molecule has 0 unspecified atom stereocenters. The van der Waals surface area contributed by atoms with E-state index < -0.39 is 12.0 Å². The van der Waals surface area contributed by atoms with Gasteiger partial charge in [-0.25, -0.2) is 0 Å². The van der Waals surface area contributed by atoms with Crippen molar-refractivity contribution in [3.05, 3.63) is 22.7 Å². The lowest BCUT2D eigenvalue weighted by molar-refractivity contribution is -0.140. The van der Waals surface area contributed by atoms with Gasteiger partial charge in [-0.15, -0.1) is 0 Å². The molecule has 0 saturated heterocycles. The molecule has 1 aromatic carbocycles. The Bertz CT molecular complexity index is 505. The molecule has 0 aliphatic rings. The second kappa shape index (κ2) is 8.86. The molecule has 22 heavy (non-hydrogen) atoms. The molecule has 0 aliphatic carbocycles. The summed E-state index contributed by atoms with van der Waals surface area (Å²) in [4.78, 5) is 11.3. The molecule has 0 bridgehead atoms. The van der Waals surface area contributed by atoms with Crippen LogP contribution in [0.25, 0.3) is 0 Å². The minimum absolute atomic E-state index is 0.298. The zero-order valence-corrected chi connectivity index (χ0v) is 14.2. The van der Waals surface area contributed by atoms with Crippen molar-refractivity contribution in [3.63, 3.8) is 0 Å². The first-order valence-corrected chi connectivity index (χ1v) is 7.72. The maximum atomic E-state index is 11.3. The smallest absolute Gasteiger partial charge is 0.320 e. The van der Waals surface area contributed by atoms with E-state index in [0.717, 1.165) is 5.56 Å². The Kier molecular flexibility index (Phi) is 7.48. The van der Waals surface area contributed by atoms with Gasteiger partial charge in [0.05, 0.1) is 18.7 Å². The van der Waals surface area contributed by atoms with Crippen LogP contribution in [0.15, 0.2) is 12.1 Å². The predicted molar refractivity (Wildman–Crippen MR) is 86.9 cm³/mol. The lowest BCUT2D eigenvalue weighted by Crippen LogP contribution is -2.37. The van der Waals surface area contributed by atoms with Crippen molar-refractivity contribution in [1.29, 1.82) is 0 Å². The highest BCUT2D eigenvalue weighted by molar-refractivity contribution is 6.32. The van der Waals surface area contributed by atoms with Crippen LogP contribution in [0.1, 0.15) is 32.8 Å². The van der Waals surface area contributed by atoms with E-state index in [1.165, 1.54) is 7.11 Å². The number of carboxylic acid groups (broad SMARTS) is 1. The molecule has 2 N–H and O–H groups in total. The number of nitrogens with one attached hydrogen (secondary N) is 1. The second-order valence-corrected chi connectivity index (χ2v) is 5.85. The van der Waals surface area contributed by atoms with Gasteiger partial charge in [-0.1, -0.05) is 25.4 Å². The Balaban J connectivity index is 2.86. The first-order chi connectivity index (χ1) is 10.4. The van der Waals surface area contributed by atoms with Crippen LogP contribution in [0.5, 0.6) is 11.5 Å². The van der Waals surface area contributed by atoms with Gasteiger partial charge in [-0.05, 0) is 37.0 Å². The number of hydrogen-bond donors (Lipinski definition) is 2. The first-order valence-electron chi connectivity index (χ1n) is 7.34. The van der Waals surface area contributed by atoms with E-state index in [0.29, 0.717) is 42.0 Å². The van der Waals surface area contributed by atoms with E-state index in [1.54, 1.807) is 6.07 Å². The molecule has 0 aliphatic heterocycles. The average Bonchev–Trinajstić information content (AvgIpc) is 2.43. The van der Waals surface area contributed by atoms with Crippen LogP contribution < -0.4 is 14.8 Å². The number of methoxy groups -OCH3 is 1. The van der Waals surface area contributed by atoms with Crippen molar-refractivity contribution in [2.75, 3.05) is 13.7 Å². The van der Waals surface area contributed by atoms with Crippen molar-refractivity contribution < 1.29 is 19.4 Å². The molecule has 0 aromatic heterocycles. The number of halogens is 1. The van der Waals surface area contributed by atoms with E-state index in [1.807, 2.05) is 26.8 Å². The molecule has 0 spiro atoms. The summed E-state index contributed by atoms with van der Waals surface area (Å²) < 4.78 is 10.7. The number of rotatable bonds is 9. The SMILES string of the molecule is CCOc1cc(CN[C@@H](CC(C)C)C(=O)O)cc(Cl)c1OC. The van der Waals surface area contributed by atoms with Gasteiger partial charge in [-0.3, -0.25) is 4.79 Å². The number of benzene rings is 1. The fourth-order valence-corrected chi connectivity index (χ4v) is 2.48. The quantitative estimate of drug-likeness (QED) is 0.727. The highest BCUT2D eigenvalue weighted by Crippen LogP contribution is 2.36. The zero-order valence-electron chi connectivity index (χ0n) is 13.5. The Hall–Kier alpha value is -1.46. The molecule has 0 amide bonds. The van der Waals surface area contributed by atoms with Gasteiger partial charge in [0.1, 0.15) is 6.04 Å². The average molecular weight is 330 g/mol. The monoisotopic (exact) mass is 329 g/mol. The number of ether oxygens (including phenoxy) is 2. The van der Waals surface area contributed by atoms with Gasteiger partial charge in [0.2, 0.25) is 0 Å². The highest BCUT2D eigenvalue weighted by Gasteiger charge is 2.19. The molecule has 1 atom stereocenters. The zero-order chi connectivity index (χ0) is 16.7. The molecule has 6 heteroatoms. The van der Waals surface area contributed by atoms with E-state index in [4.69, 9.17) is 21.1 Å². The van der Waals surface area contributed by atoms with Crippen LogP contribution in [0.4, 0.5) is 0 Å². The van der Waals surface area contributed by atoms with Gasteiger partial charge in [0.25, 0.3) is 0 Å². The van der Waals surface area contributed by atoms with E-state index >= 15 is 0 Å². The molecule has 0 heterocycles. The molecule has 124 valence electrons. The summed E-state index contributed by atoms with van der Waals surface area (Å²) in [6.45, 7) is 6.76. The van der Waals surface area contributed by atoms with Gasteiger partial charge < -0.3 is 19.9 Å². The number of aliphatic carboxylic acids is 1. The van der Waals surface area contributed by atoms with E-state index in [-0.39, 0.29) is 0 Å². The highest BCUT2D eigenvalue weighted by atomic mass is 35.5. The molecular weight excluding hydrogens is 306 g/mol. The molecular formula is C16H24ClNO4. The number of carbonyl (C=O) groups is 1. The van der Waals surface area contributed by atoms with Crippen molar-refractivity contribution >= 4 is 17.6 Å². The van der Waals surface area contributed by atoms with Crippen molar-refractivity contribution in [1.82, 2.24) is 5.32 Å². The minimum Gasteiger partial charge on any atom is -0.491 e. The van der Waals surface area contributed by atoms with Gasteiger partial charge in [0, 0.05) is 6.54 Å². The van der Waals surface area contributed by atoms with Crippen LogP contribution in [0.2, 0.25) is 5.02 Å². The molecule has 1 aromatic rings. The van der Waals surface area contributed by atoms with Crippen molar-refractivity contribution in [3.8, 4) is 11.5 Å². The van der Waals surface area contributed by atoms with Crippen LogP contribution in [0, 0.1) is 5.92 Å². The summed E-state index contributed by atoms with van der Waals surface area (Å²) in [5.41, 5.74) is 0.851. The molecule has 0 saturated carbocycles. The fraction of sp³-hybridized carbons (Fsp3) is 0.562. The minimum atomic E-state index is -0.849. The lowest BCUT2D eigenvalue weighted by atomic mass is 10.0. The topological polar surface area (TPSA) is 67.8 Å². The third kappa shape index (κ3) is 5.39. The summed E-state index contributed by atoms with van der Waals surface area (Å²) in [7, 11) is 1.53. The van der Waals surface area contributed by atoms with Crippen LogP contribution in [-0.4, -0.2) is 30.8 Å². The molecule has 5 nitrogen and oxygen atoms in total. The first kappa shape index (κ1) is 18.6. The second-order valence-electron chi connectivity index (χ2n) is 5.44. The van der Waals surface area contributed by atoms with Crippen LogP contribution in [-0.2, 0) is 11.3 Å². The third-order valence-corrected chi connectivity index (χ3v) is 3.41. The Labute approximate surface area is 136 Å². The maximum Gasteiger partial charge on any atom is 0.320 e. The summed E-state index contributed by atoms with van der Waals surface area (Å²) in [6.07, 6.45) is 0.567. The summed E-state index contributed by atoms with van der Waals surface area (Å²) in [6, 6.07) is 2.98. The largest absolute Gasteiger partial charge is 0.491 e.